The minimum absolute atomic E-state index is 0.0331. The number of phenolic OH excluding ortho intramolecular Hbond substituents is 1. The van der Waals surface area contributed by atoms with Crippen molar-refractivity contribution in [2.24, 2.45) is 10.9 Å². The molecule has 0 radical (unpaired) electrons. The summed E-state index contributed by atoms with van der Waals surface area (Å²) in [7, 11) is 0. The number of amides is 1. The molecule has 1 amide bonds. The van der Waals surface area contributed by atoms with Crippen molar-refractivity contribution in [3.8, 4) is 11.5 Å². The number of nitrogens with zero attached hydrogens (tertiary/aromatic N) is 1. The number of rotatable bonds is 5. The molecular weight excluding hydrogens is 294 g/mol. The standard InChI is InChI=1S/C15H12F2N2O3/c16-10-4-9(5-11(17)6-10)14(8-15(18)21)19-22-13-3-1-2-12(20)7-13/h1-7,20H,8H2,(H2,18,21)/b19-14+. The number of oxime groups is 1. The number of hydrogen-bond acceptors (Lipinski definition) is 4. The Kier molecular flexibility index (Phi) is 4.67. The molecule has 114 valence electrons. The molecule has 0 heterocycles. The lowest BCUT2D eigenvalue weighted by Crippen LogP contribution is -2.18. The van der Waals surface area contributed by atoms with Crippen LogP contribution in [0.15, 0.2) is 47.6 Å². The fourth-order valence-electron chi connectivity index (χ4n) is 1.72. The summed E-state index contributed by atoms with van der Waals surface area (Å²) >= 11 is 0. The van der Waals surface area contributed by atoms with Gasteiger partial charge >= 0.3 is 0 Å². The Balaban J connectivity index is 2.32. The van der Waals surface area contributed by atoms with Crippen molar-refractivity contribution in [1.29, 1.82) is 0 Å². The van der Waals surface area contributed by atoms with E-state index in [4.69, 9.17) is 10.6 Å². The van der Waals surface area contributed by atoms with Gasteiger partial charge in [0.2, 0.25) is 5.91 Å². The van der Waals surface area contributed by atoms with Crippen LogP contribution in [0.3, 0.4) is 0 Å². The summed E-state index contributed by atoms with van der Waals surface area (Å²) < 4.78 is 26.5. The molecule has 0 fully saturated rings. The van der Waals surface area contributed by atoms with E-state index in [1.165, 1.54) is 24.3 Å². The number of benzene rings is 2. The van der Waals surface area contributed by atoms with E-state index >= 15 is 0 Å². The van der Waals surface area contributed by atoms with Gasteiger partial charge in [0.15, 0.2) is 5.75 Å². The van der Waals surface area contributed by atoms with Crippen LogP contribution < -0.4 is 10.6 Å². The van der Waals surface area contributed by atoms with Crippen LogP contribution in [0.4, 0.5) is 8.78 Å². The highest BCUT2D eigenvalue weighted by atomic mass is 19.1. The first-order chi connectivity index (χ1) is 10.4. The minimum Gasteiger partial charge on any atom is -0.508 e. The lowest BCUT2D eigenvalue weighted by Gasteiger charge is -2.06. The Labute approximate surface area is 124 Å². The van der Waals surface area contributed by atoms with Crippen LogP contribution in [0.1, 0.15) is 12.0 Å². The van der Waals surface area contributed by atoms with Gasteiger partial charge in [-0.3, -0.25) is 4.79 Å². The summed E-state index contributed by atoms with van der Waals surface area (Å²) in [5.41, 5.74) is 5.10. The molecule has 3 N–H and O–H groups in total. The van der Waals surface area contributed by atoms with Gasteiger partial charge in [-0.15, -0.1) is 0 Å². The molecule has 2 rings (SSSR count). The summed E-state index contributed by atoms with van der Waals surface area (Å²) in [5, 5.41) is 13.0. The average Bonchev–Trinajstić information content (AvgIpc) is 2.42. The van der Waals surface area contributed by atoms with Crippen LogP contribution in [0, 0.1) is 11.6 Å². The largest absolute Gasteiger partial charge is 0.508 e. The third-order valence-electron chi connectivity index (χ3n) is 2.62. The van der Waals surface area contributed by atoms with Gasteiger partial charge in [-0.25, -0.2) is 8.78 Å². The molecule has 7 heteroatoms. The third kappa shape index (κ3) is 4.27. The Morgan fingerprint density at radius 3 is 2.45 bits per heavy atom. The predicted octanol–water partition coefficient (Wildman–Crippen LogP) is 2.33. The molecule has 0 saturated carbocycles. The second-order valence-corrected chi connectivity index (χ2v) is 4.43. The summed E-state index contributed by atoms with van der Waals surface area (Å²) in [4.78, 5) is 16.1. The zero-order chi connectivity index (χ0) is 16.1. The van der Waals surface area contributed by atoms with Crippen LogP contribution in [0.2, 0.25) is 0 Å². The second-order valence-electron chi connectivity index (χ2n) is 4.43. The minimum atomic E-state index is -0.815. The molecule has 2 aromatic rings. The maximum atomic E-state index is 13.3. The number of primary amides is 1. The van der Waals surface area contributed by atoms with Crippen molar-refractivity contribution in [3.63, 3.8) is 0 Å². The molecule has 5 nitrogen and oxygen atoms in total. The van der Waals surface area contributed by atoms with Crippen LogP contribution >= 0.6 is 0 Å². The van der Waals surface area contributed by atoms with E-state index in [1.807, 2.05) is 0 Å². The van der Waals surface area contributed by atoms with Crippen LogP contribution in [-0.4, -0.2) is 16.7 Å². The number of nitrogens with two attached hydrogens (primary N) is 1. The van der Waals surface area contributed by atoms with Crippen LogP contribution in [-0.2, 0) is 4.79 Å². The summed E-state index contributed by atoms with van der Waals surface area (Å²) in [6.45, 7) is 0. The topological polar surface area (TPSA) is 84.9 Å². The fraction of sp³-hybridized carbons (Fsp3) is 0.0667. The Hall–Kier alpha value is -2.96. The highest BCUT2D eigenvalue weighted by Crippen LogP contribution is 2.19. The van der Waals surface area contributed by atoms with Gasteiger partial charge in [0.05, 0.1) is 12.1 Å². The monoisotopic (exact) mass is 306 g/mol. The molecular formula is C15H12F2N2O3. The van der Waals surface area contributed by atoms with E-state index in [2.05, 4.69) is 5.16 Å². The third-order valence-corrected chi connectivity index (χ3v) is 2.62. The maximum absolute atomic E-state index is 13.3. The lowest BCUT2D eigenvalue weighted by atomic mass is 10.1. The number of phenols is 1. The Morgan fingerprint density at radius 1 is 1.18 bits per heavy atom. The van der Waals surface area contributed by atoms with E-state index in [1.54, 1.807) is 0 Å². The van der Waals surface area contributed by atoms with E-state index in [0.29, 0.717) is 6.07 Å². The molecule has 0 bridgehead atoms. The van der Waals surface area contributed by atoms with Crippen molar-refractivity contribution in [2.45, 2.75) is 6.42 Å². The van der Waals surface area contributed by atoms with E-state index in [9.17, 15) is 18.7 Å². The first-order valence-electron chi connectivity index (χ1n) is 6.22. The molecule has 0 aliphatic carbocycles. The van der Waals surface area contributed by atoms with Gasteiger partial charge in [-0.2, -0.15) is 0 Å². The predicted molar refractivity (Wildman–Crippen MR) is 75.4 cm³/mol. The zero-order valence-corrected chi connectivity index (χ0v) is 11.3. The summed E-state index contributed by atoms with van der Waals surface area (Å²) in [5.74, 6) is -2.21. The van der Waals surface area contributed by atoms with E-state index in [-0.39, 0.29) is 29.2 Å². The Bertz CT molecular complexity index is 712. The van der Waals surface area contributed by atoms with Crippen molar-refractivity contribution in [2.75, 3.05) is 0 Å². The maximum Gasteiger partial charge on any atom is 0.223 e. The molecule has 0 aliphatic rings. The number of halogens is 2. The molecule has 0 atom stereocenters. The molecule has 0 aromatic heterocycles. The van der Waals surface area contributed by atoms with Crippen LogP contribution in [0.25, 0.3) is 0 Å². The van der Waals surface area contributed by atoms with Gasteiger partial charge in [0.25, 0.3) is 0 Å². The van der Waals surface area contributed by atoms with Gasteiger partial charge in [0, 0.05) is 17.7 Å². The second kappa shape index (κ2) is 6.66. The number of aromatic hydroxyl groups is 1. The molecule has 0 saturated heterocycles. The smallest absolute Gasteiger partial charge is 0.223 e. The zero-order valence-electron chi connectivity index (χ0n) is 11.3. The highest BCUT2D eigenvalue weighted by molar-refractivity contribution is 6.10. The molecule has 0 aliphatic heterocycles. The molecule has 22 heavy (non-hydrogen) atoms. The van der Waals surface area contributed by atoms with E-state index in [0.717, 1.165) is 12.1 Å². The first kappa shape index (κ1) is 15.4. The van der Waals surface area contributed by atoms with Crippen molar-refractivity contribution < 1.29 is 23.5 Å². The summed E-state index contributed by atoms with van der Waals surface area (Å²) in [6, 6.07) is 8.47. The van der Waals surface area contributed by atoms with Crippen LogP contribution in [0.5, 0.6) is 11.5 Å². The van der Waals surface area contributed by atoms with Gasteiger partial charge < -0.3 is 15.7 Å². The van der Waals surface area contributed by atoms with Crippen molar-refractivity contribution >= 4 is 11.6 Å². The highest BCUT2D eigenvalue weighted by Gasteiger charge is 2.12. The fourth-order valence-corrected chi connectivity index (χ4v) is 1.72. The quantitative estimate of drug-likeness (QED) is 0.656. The number of carbonyl (C=O) groups is 1. The van der Waals surface area contributed by atoms with Crippen molar-refractivity contribution in [3.05, 3.63) is 59.7 Å². The normalized spacial score (nSPS) is 11.3. The molecule has 0 spiro atoms. The lowest BCUT2D eigenvalue weighted by molar-refractivity contribution is -0.116. The van der Waals surface area contributed by atoms with Gasteiger partial charge in [0.1, 0.15) is 17.4 Å². The number of hydrogen-bond donors (Lipinski definition) is 2. The SMILES string of the molecule is NC(=O)C/C(=N\Oc1cccc(O)c1)c1cc(F)cc(F)c1. The summed E-state index contributed by atoms with van der Waals surface area (Å²) in [6.07, 6.45) is -0.359. The molecule has 2 aromatic carbocycles. The van der Waals surface area contributed by atoms with Gasteiger partial charge in [-0.1, -0.05) is 11.2 Å². The number of carbonyl (C=O) groups excluding carboxylic acids is 1. The van der Waals surface area contributed by atoms with Crippen molar-refractivity contribution in [1.82, 2.24) is 0 Å². The Morgan fingerprint density at radius 2 is 1.86 bits per heavy atom. The first-order valence-corrected chi connectivity index (χ1v) is 6.22. The average molecular weight is 306 g/mol. The van der Waals surface area contributed by atoms with Gasteiger partial charge in [-0.05, 0) is 24.3 Å². The molecule has 0 unspecified atom stereocenters. The van der Waals surface area contributed by atoms with E-state index < -0.39 is 17.5 Å².